The summed E-state index contributed by atoms with van der Waals surface area (Å²) in [7, 11) is 0. The van der Waals surface area contributed by atoms with E-state index in [4.69, 9.17) is 0 Å². The molecule has 2 aromatic rings. The summed E-state index contributed by atoms with van der Waals surface area (Å²) in [6.07, 6.45) is -4.15. The Morgan fingerprint density at radius 3 is 2.55 bits per heavy atom. The first kappa shape index (κ1) is 22.2. The number of benzene rings is 1. The molecular formula is C20H20F3N5O3. The molecule has 1 unspecified atom stereocenters. The molecule has 0 aliphatic carbocycles. The number of aliphatic hydroxyl groups is 1. The molecule has 3 rings (SSSR count). The predicted molar refractivity (Wildman–Crippen MR) is 104 cm³/mol. The van der Waals surface area contributed by atoms with Crippen molar-refractivity contribution in [3.8, 4) is 0 Å². The molecular weight excluding hydrogens is 415 g/mol. The summed E-state index contributed by atoms with van der Waals surface area (Å²) >= 11 is 0. The molecule has 1 aliphatic rings. The van der Waals surface area contributed by atoms with Gasteiger partial charge in [-0.15, -0.1) is 0 Å². The number of hydrogen-bond donors (Lipinski definition) is 4. The highest BCUT2D eigenvalue weighted by molar-refractivity contribution is 5.95. The number of halogens is 3. The normalized spacial score (nSPS) is 14.7. The Kier molecular flexibility index (Phi) is 6.56. The molecule has 0 bridgehead atoms. The van der Waals surface area contributed by atoms with Gasteiger partial charge in [0.25, 0.3) is 11.8 Å². The second-order valence-corrected chi connectivity index (χ2v) is 6.74. The number of carbonyl (C=O) groups is 2. The lowest BCUT2D eigenvalue weighted by Gasteiger charge is -2.22. The summed E-state index contributed by atoms with van der Waals surface area (Å²) in [5.74, 6) is -1.12. The third-order valence-electron chi connectivity index (χ3n) is 4.43. The lowest BCUT2D eigenvalue weighted by Crippen LogP contribution is -2.50. The number of alkyl halides is 3. The van der Waals surface area contributed by atoms with Crippen LogP contribution >= 0.6 is 0 Å². The van der Waals surface area contributed by atoms with Crippen LogP contribution in [0.1, 0.15) is 33.4 Å². The van der Waals surface area contributed by atoms with E-state index in [-0.39, 0.29) is 30.0 Å². The molecule has 0 saturated heterocycles. The van der Waals surface area contributed by atoms with Crippen LogP contribution in [0.3, 0.4) is 0 Å². The van der Waals surface area contributed by atoms with Gasteiger partial charge in [-0.05, 0) is 42.8 Å². The minimum Gasteiger partial charge on any atom is -0.387 e. The number of aliphatic hydroxyl groups excluding tert-OH is 1. The lowest BCUT2D eigenvalue weighted by atomic mass is 10.1. The van der Waals surface area contributed by atoms with Crippen molar-refractivity contribution in [1.29, 1.82) is 0 Å². The zero-order valence-corrected chi connectivity index (χ0v) is 16.4. The van der Waals surface area contributed by atoms with Crippen LogP contribution in [0.2, 0.25) is 0 Å². The molecule has 0 radical (unpaired) electrons. The van der Waals surface area contributed by atoms with E-state index in [1.54, 1.807) is 19.1 Å². The average molecular weight is 435 g/mol. The Hall–Kier alpha value is -3.44. The zero-order valence-electron chi connectivity index (χ0n) is 16.4. The molecule has 0 fully saturated rings. The van der Waals surface area contributed by atoms with Crippen molar-refractivity contribution in [2.24, 2.45) is 0 Å². The van der Waals surface area contributed by atoms with Crippen LogP contribution in [0.4, 0.5) is 13.2 Å². The van der Waals surface area contributed by atoms with Crippen LogP contribution in [-0.2, 0) is 11.0 Å². The van der Waals surface area contributed by atoms with Crippen molar-refractivity contribution in [3.05, 3.63) is 76.8 Å². The molecule has 1 atom stereocenters. The van der Waals surface area contributed by atoms with Crippen molar-refractivity contribution in [2.75, 3.05) is 13.1 Å². The minimum absolute atomic E-state index is 0.0978. The zero-order chi connectivity index (χ0) is 22.6. The van der Waals surface area contributed by atoms with Gasteiger partial charge in [-0.1, -0.05) is 18.2 Å². The van der Waals surface area contributed by atoms with E-state index in [0.29, 0.717) is 5.69 Å². The molecule has 11 heteroatoms. The highest BCUT2D eigenvalue weighted by Gasteiger charge is 2.30. The molecule has 2 amide bonds. The van der Waals surface area contributed by atoms with Crippen LogP contribution in [0.15, 0.2) is 54.2 Å². The van der Waals surface area contributed by atoms with Gasteiger partial charge in [0.2, 0.25) is 0 Å². The van der Waals surface area contributed by atoms with Gasteiger partial charge in [0.15, 0.2) is 0 Å². The van der Waals surface area contributed by atoms with Gasteiger partial charge in [-0.2, -0.15) is 13.2 Å². The first-order valence-corrected chi connectivity index (χ1v) is 9.27. The smallest absolute Gasteiger partial charge is 0.387 e. The highest BCUT2D eigenvalue weighted by atomic mass is 19.4. The third kappa shape index (κ3) is 5.58. The number of rotatable bonds is 6. The standard InChI is InChI=1S/C20H20F3N5O3/c1-12-3-2-4-15(26-12)18(30)27-28-16(9-10-25-28)19(31)24-11-17(29)13-5-7-14(8-6-13)20(21,22)23/h2-9,17,25,29H,10-11H2,1H3,(H,24,31)(H,27,30). The molecule has 1 aromatic heterocycles. The molecule has 2 heterocycles. The Morgan fingerprint density at radius 2 is 1.90 bits per heavy atom. The van der Waals surface area contributed by atoms with Crippen LogP contribution in [0.5, 0.6) is 0 Å². The van der Waals surface area contributed by atoms with E-state index < -0.39 is 29.7 Å². The second-order valence-electron chi connectivity index (χ2n) is 6.74. The molecule has 0 saturated carbocycles. The van der Waals surface area contributed by atoms with Crippen LogP contribution < -0.4 is 16.2 Å². The van der Waals surface area contributed by atoms with Crippen LogP contribution in [0, 0.1) is 6.92 Å². The number of nitrogens with one attached hydrogen (secondary N) is 3. The number of aromatic nitrogens is 1. The summed E-state index contributed by atoms with van der Waals surface area (Å²) in [4.78, 5) is 28.9. The summed E-state index contributed by atoms with van der Waals surface area (Å²) in [5, 5.41) is 13.8. The molecule has 164 valence electrons. The molecule has 8 nitrogen and oxygen atoms in total. The number of amides is 2. The Bertz CT molecular complexity index is 992. The van der Waals surface area contributed by atoms with Gasteiger partial charge < -0.3 is 10.4 Å². The van der Waals surface area contributed by atoms with Crippen molar-refractivity contribution < 1.29 is 27.9 Å². The fourth-order valence-corrected chi connectivity index (χ4v) is 2.82. The number of nitrogens with zero attached hydrogens (tertiary/aromatic N) is 2. The molecule has 0 spiro atoms. The van der Waals surface area contributed by atoms with Gasteiger partial charge in [-0.3, -0.25) is 9.59 Å². The van der Waals surface area contributed by atoms with Gasteiger partial charge in [0.05, 0.1) is 11.7 Å². The Balaban J connectivity index is 1.56. The van der Waals surface area contributed by atoms with E-state index in [2.05, 4.69) is 21.2 Å². The topological polar surface area (TPSA) is 107 Å². The summed E-state index contributed by atoms with van der Waals surface area (Å²) in [6, 6.07) is 8.98. The van der Waals surface area contributed by atoms with Gasteiger partial charge >= 0.3 is 6.18 Å². The van der Waals surface area contributed by atoms with Crippen LogP contribution in [0.25, 0.3) is 0 Å². The Morgan fingerprint density at radius 1 is 1.19 bits per heavy atom. The molecule has 1 aromatic carbocycles. The second kappa shape index (κ2) is 9.14. The van der Waals surface area contributed by atoms with E-state index in [0.717, 1.165) is 29.4 Å². The molecule has 1 aliphatic heterocycles. The van der Waals surface area contributed by atoms with E-state index in [1.807, 2.05) is 0 Å². The number of pyridine rings is 1. The maximum atomic E-state index is 12.6. The third-order valence-corrected chi connectivity index (χ3v) is 4.43. The molecule has 31 heavy (non-hydrogen) atoms. The lowest BCUT2D eigenvalue weighted by molar-refractivity contribution is -0.137. The number of hydrazine groups is 2. The fraction of sp³-hybridized carbons (Fsp3) is 0.250. The maximum Gasteiger partial charge on any atom is 0.416 e. The molecule has 4 N–H and O–H groups in total. The Labute approximate surface area is 175 Å². The summed E-state index contributed by atoms with van der Waals surface area (Å²) in [6.45, 7) is 1.79. The monoisotopic (exact) mass is 435 g/mol. The fourth-order valence-electron chi connectivity index (χ4n) is 2.82. The number of aryl methyl sites for hydroxylation is 1. The quantitative estimate of drug-likeness (QED) is 0.549. The first-order chi connectivity index (χ1) is 14.6. The van der Waals surface area contributed by atoms with E-state index >= 15 is 0 Å². The summed E-state index contributed by atoms with van der Waals surface area (Å²) < 4.78 is 37.9. The van der Waals surface area contributed by atoms with Crippen LogP contribution in [-0.4, -0.2) is 40.1 Å². The van der Waals surface area contributed by atoms with Crippen molar-refractivity contribution in [3.63, 3.8) is 0 Å². The summed E-state index contributed by atoms with van der Waals surface area (Å²) in [5.41, 5.74) is 5.63. The average Bonchev–Trinajstić information content (AvgIpc) is 3.19. The van der Waals surface area contributed by atoms with Crippen molar-refractivity contribution in [1.82, 2.24) is 26.3 Å². The van der Waals surface area contributed by atoms with Crippen molar-refractivity contribution >= 4 is 11.8 Å². The number of hydrogen-bond acceptors (Lipinski definition) is 6. The SMILES string of the molecule is Cc1cccc(C(=O)NN2NCC=C2C(=O)NCC(O)c2ccc(C(F)(F)F)cc2)n1. The predicted octanol–water partition coefficient (Wildman–Crippen LogP) is 1.61. The maximum absolute atomic E-state index is 12.6. The largest absolute Gasteiger partial charge is 0.416 e. The van der Waals surface area contributed by atoms with Gasteiger partial charge in [0.1, 0.15) is 11.4 Å². The number of carbonyl (C=O) groups excluding carboxylic acids is 2. The van der Waals surface area contributed by atoms with Crippen molar-refractivity contribution in [2.45, 2.75) is 19.2 Å². The minimum atomic E-state index is -4.47. The van der Waals surface area contributed by atoms with Gasteiger partial charge in [-0.25, -0.2) is 21.0 Å². The van der Waals surface area contributed by atoms with E-state index in [9.17, 15) is 27.9 Å². The first-order valence-electron chi connectivity index (χ1n) is 9.27. The van der Waals surface area contributed by atoms with Gasteiger partial charge in [0, 0.05) is 18.8 Å². The highest BCUT2D eigenvalue weighted by Crippen LogP contribution is 2.29. The van der Waals surface area contributed by atoms with E-state index in [1.165, 1.54) is 12.1 Å².